The molecule has 0 bridgehead atoms. The number of nitrogens with zero attached hydrogens (tertiary/aromatic N) is 4. The minimum Gasteiger partial charge on any atom is -0.337 e. The van der Waals surface area contributed by atoms with E-state index in [1.807, 2.05) is 31.8 Å². The van der Waals surface area contributed by atoms with Gasteiger partial charge in [0.15, 0.2) is 0 Å². The molecule has 0 saturated carbocycles. The summed E-state index contributed by atoms with van der Waals surface area (Å²) in [5.41, 5.74) is 0.921. The van der Waals surface area contributed by atoms with Gasteiger partial charge in [-0.1, -0.05) is 13.8 Å². The molecule has 5 nitrogen and oxygen atoms in total. The molecule has 0 atom stereocenters. The van der Waals surface area contributed by atoms with Crippen LogP contribution in [0.2, 0.25) is 0 Å². The zero-order valence-electron chi connectivity index (χ0n) is 13.3. The second kappa shape index (κ2) is 6.39. The first-order valence-corrected chi connectivity index (χ1v) is 7.88. The molecular formula is C15H22N4OS. The number of aromatic nitrogens is 3. The minimum atomic E-state index is 0.0271. The highest BCUT2D eigenvalue weighted by atomic mass is 32.1. The topological polar surface area (TPSA) is 51.0 Å². The summed E-state index contributed by atoms with van der Waals surface area (Å²) in [7, 11) is 3.74. The molecule has 0 radical (unpaired) electrons. The van der Waals surface area contributed by atoms with Crippen LogP contribution in [-0.2, 0) is 20.0 Å². The Hall–Kier alpha value is -1.69. The summed E-state index contributed by atoms with van der Waals surface area (Å²) in [5, 5.41) is 0.944. The monoisotopic (exact) mass is 306 g/mol. The van der Waals surface area contributed by atoms with Gasteiger partial charge in [0.2, 0.25) is 0 Å². The molecule has 0 fully saturated rings. The molecular weight excluding hydrogens is 284 g/mol. The number of carbonyl (C=O) groups is 1. The first-order valence-electron chi connectivity index (χ1n) is 7.06. The normalized spacial score (nSPS) is 11.1. The first-order chi connectivity index (χ1) is 9.88. The molecule has 21 heavy (non-hydrogen) atoms. The van der Waals surface area contributed by atoms with Crippen molar-refractivity contribution in [1.82, 2.24) is 19.4 Å². The van der Waals surface area contributed by atoms with Gasteiger partial charge < -0.3 is 9.47 Å². The van der Waals surface area contributed by atoms with E-state index in [1.165, 1.54) is 11.3 Å². The number of aryl methyl sites for hydroxylation is 2. The molecule has 0 spiro atoms. The summed E-state index contributed by atoms with van der Waals surface area (Å²) in [4.78, 5) is 23.9. The quantitative estimate of drug-likeness (QED) is 0.853. The Labute approximate surface area is 129 Å². The lowest BCUT2D eigenvalue weighted by atomic mass is 10.1. The third-order valence-corrected chi connectivity index (χ3v) is 4.25. The summed E-state index contributed by atoms with van der Waals surface area (Å²) in [6.07, 6.45) is 4.46. The molecule has 0 aliphatic rings. The molecule has 0 aliphatic heterocycles. The van der Waals surface area contributed by atoms with Crippen LogP contribution in [0.25, 0.3) is 0 Å². The SMILES string of the molecule is Cc1nc(CC(C)C)c(C(=O)N(C)Cc2nccn2C)s1. The average molecular weight is 306 g/mol. The molecule has 6 heteroatoms. The molecule has 0 saturated heterocycles. The van der Waals surface area contributed by atoms with Gasteiger partial charge in [-0.05, 0) is 19.3 Å². The van der Waals surface area contributed by atoms with Gasteiger partial charge in [-0.2, -0.15) is 0 Å². The van der Waals surface area contributed by atoms with E-state index < -0.39 is 0 Å². The molecule has 0 aliphatic carbocycles. The van der Waals surface area contributed by atoms with Crippen molar-refractivity contribution in [2.24, 2.45) is 13.0 Å². The zero-order valence-corrected chi connectivity index (χ0v) is 14.1. The summed E-state index contributed by atoms with van der Waals surface area (Å²) < 4.78 is 1.93. The van der Waals surface area contributed by atoms with Crippen LogP contribution in [0.5, 0.6) is 0 Å². The molecule has 2 aromatic rings. The molecule has 0 N–H and O–H groups in total. The molecule has 0 unspecified atom stereocenters. The smallest absolute Gasteiger partial charge is 0.266 e. The Morgan fingerprint density at radius 1 is 1.48 bits per heavy atom. The van der Waals surface area contributed by atoms with Crippen molar-refractivity contribution in [2.75, 3.05) is 7.05 Å². The van der Waals surface area contributed by atoms with Gasteiger partial charge in [-0.3, -0.25) is 4.79 Å². The molecule has 114 valence electrons. The fourth-order valence-corrected chi connectivity index (χ4v) is 3.11. The summed E-state index contributed by atoms with van der Waals surface area (Å²) in [5.74, 6) is 1.38. The van der Waals surface area contributed by atoms with E-state index >= 15 is 0 Å². The number of thiazole rings is 1. The van der Waals surface area contributed by atoms with Gasteiger partial charge in [-0.25, -0.2) is 9.97 Å². The molecule has 2 heterocycles. The van der Waals surface area contributed by atoms with Crippen LogP contribution in [-0.4, -0.2) is 32.4 Å². The third-order valence-electron chi connectivity index (χ3n) is 3.25. The molecule has 2 rings (SSSR count). The Morgan fingerprint density at radius 2 is 2.19 bits per heavy atom. The maximum atomic E-state index is 12.7. The largest absolute Gasteiger partial charge is 0.337 e. The molecule has 1 amide bonds. The summed E-state index contributed by atoms with van der Waals surface area (Å²) >= 11 is 1.48. The maximum absolute atomic E-state index is 12.7. The number of amides is 1. The lowest BCUT2D eigenvalue weighted by molar-refractivity contribution is 0.0784. The van der Waals surface area contributed by atoms with Gasteiger partial charge >= 0.3 is 0 Å². The van der Waals surface area contributed by atoms with Gasteiger partial charge in [0.05, 0.1) is 17.2 Å². The number of carbonyl (C=O) groups excluding carboxylic acids is 1. The van der Waals surface area contributed by atoms with Gasteiger partial charge in [-0.15, -0.1) is 11.3 Å². The molecule has 0 aromatic carbocycles. The van der Waals surface area contributed by atoms with E-state index in [4.69, 9.17) is 0 Å². The lowest BCUT2D eigenvalue weighted by Gasteiger charge is -2.16. The van der Waals surface area contributed by atoms with Crippen molar-refractivity contribution in [3.8, 4) is 0 Å². The van der Waals surface area contributed by atoms with Crippen LogP contribution in [0.4, 0.5) is 0 Å². The summed E-state index contributed by atoms with van der Waals surface area (Å²) in [6.45, 7) is 6.73. The first kappa shape index (κ1) is 15.7. The van der Waals surface area contributed by atoms with E-state index in [0.29, 0.717) is 12.5 Å². The van der Waals surface area contributed by atoms with Crippen molar-refractivity contribution in [2.45, 2.75) is 33.7 Å². The van der Waals surface area contributed by atoms with Crippen LogP contribution in [0.15, 0.2) is 12.4 Å². The van der Waals surface area contributed by atoms with Gasteiger partial charge in [0.25, 0.3) is 5.91 Å². The minimum absolute atomic E-state index is 0.0271. The third kappa shape index (κ3) is 3.69. The Kier molecular flexibility index (Phi) is 4.77. The average Bonchev–Trinajstić information content (AvgIpc) is 2.95. The Morgan fingerprint density at radius 3 is 2.76 bits per heavy atom. The standard InChI is InChI=1S/C15H22N4OS/c1-10(2)8-12-14(21-11(3)17-12)15(20)19(5)9-13-16-6-7-18(13)4/h6-7,10H,8-9H2,1-5H3. The van der Waals surface area contributed by atoms with Crippen LogP contribution < -0.4 is 0 Å². The zero-order chi connectivity index (χ0) is 15.6. The number of imidazole rings is 1. The van der Waals surface area contributed by atoms with Gasteiger partial charge in [0.1, 0.15) is 10.7 Å². The van der Waals surface area contributed by atoms with Crippen LogP contribution in [0, 0.1) is 12.8 Å². The van der Waals surface area contributed by atoms with Crippen LogP contribution >= 0.6 is 11.3 Å². The van der Waals surface area contributed by atoms with E-state index in [-0.39, 0.29) is 5.91 Å². The van der Waals surface area contributed by atoms with E-state index in [9.17, 15) is 4.79 Å². The highest BCUT2D eigenvalue weighted by Gasteiger charge is 2.21. The maximum Gasteiger partial charge on any atom is 0.266 e. The van der Waals surface area contributed by atoms with E-state index in [0.717, 1.165) is 27.8 Å². The fraction of sp³-hybridized carbons (Fsp3) is 0.533. The molecule has 2 aromatic heterocycles. The summed E-state index contributed by atoms with van der Waals surface area (Å²) in [6, 6.07) is 0. The Bertz CT molecular complexity index is 629. The van der Waals surface area contributed by atoms with Gasteiger partial charge in [0, 0.05) is 26.5 Å². The highest BCUT2D eigenvalue weighted by molar-refractivity contribution is 7.13. The number of rotatable bonds is 5. The second-order valence-corrected chi connectivity index (χ2v) is 6.93. The predicted octanol–water partition coefficient (Wildman–Crippen LogP) is 2.66. The lowest BCUT2D eigenvalue weighted by Crippen LogP contribution is -2.27. The van der Waals surface area contributed by atoms with Crippen LogP contribution in [0.3, 0.4) is 0 Å². The van der Waals surface area contributed by atoms with Crippen LogP contribution in [0.1, 0.15) is 40.0 Å². The number of hydrogen-bond acceptors (Lipinski definition) is 4. The predicted molar refractivity (Wildman–Crippen MR) is 84.4 cm³/mol. The van der Waals surface area contributed by atoms with E-state index in [2.05, 4.69) is 23.8 Å². The Balaban J connectivity index is 2.17. The van der Waals surface area contributed by atoms with E-state index in [1.54, 1.807) is 11.1 Å². The number of hydrogen-bond donors (Lipinski definition) is 0. The highest BCUT2D eigenvalue weighted by Crippen LogP contribution is 2.22. The van der Waals surface area contributed by atoms with Crippen molar-refractivity contribution in [3.63, 3.8) is 0 Å². The van der Waals surface area contributed by atoms with Crippen molar-refractivity contribution >= 4 is 17.2 Å². The van der Waals surface area contributed by atoms with Crippen molar-refractivity contribution in [1.29, 1.82) is 0 Å². The second-order valence-electron chi connectivity index (χ2n) is 5.72. The fourth-order valence-electron chi connectivity index (χ4n) is 2.17. The van der Waals surface area contributed by atoms with Crippen molar-refractivity contribution in [3.05, 3.63) is 33.8 Å². The van der Waals surface area contributed by atoms with Crippen molar-refractivity contribution < 1.29 is 4.79 Å².